The highest BCUT2D eigenvalue weighted by atomic mass is 16.2. The zero-order valence-corrected chi connectivity index (χ0v) is 14.5. The molecule has 2 amide bonds. The summed E-state index contributed by atoms with van der Waals surface area (Å²) in [6.07, 6.45) is 5.17. The molecule has 26 heavy (non-hydrogen) atoms. The molecule has 3 aromatic rings. The summed E-state index contributed by atoms with van der Waals surface area (Å²) < 4.78 is 1.60. The number of fused-ring (bicyclic) bond motifs is 1. The van der Waals surface area contributed by atoms with E-state index in [1.165, 1.54) is 6.20 Å². The Hall–Kier alpha value is -3.35. The quantitative estimate of drug-likeness (QED) is 0.590. The molecule has 0 fully saturated rings. The molecule has 0 aliphatic carbocycles. The predicted octanol–water partition coefficient (Wildman–Crippen LogP) is 2.21. The molecule has 0 aliphatic rings. The molecule has 0 spiro atoms. The van der Waals surface area contributed by atoms with Gasteiger partial charge in [0.2, 0.25) is 0 Å². The fourth-order valence-electron chi connectivity index (χ4n) is 2.73. The van der Waals surface area contributed by atoms with Gasteiger partial charge in [-0.2, -0.15) is 5.10 Å². The van der Waals surface area contributed by atoms with E-state index in [1.54, 1.807) is 16.6 Å². The minimum absolute atomic E-state index is 0.0796. The number of amides is 2. The number of carbonyl (C=O) groups is 2. The highest BCUT2D eigenvalue weighted by Gasteiger charge is 2.13. The Bertz CT molecular complexity index is 960. The van der Waals surface area contributed by atoms with Gasteiger partial charge >= 0.3 is 0 Å². The summed E-state index contributed by atoms with van der Waals surface area (Å²) in [5.74, 6) is -0.692. The normalized spacial score (nSPS) is 10.8. The summed E-state index contributed by atoms with van der Waals surface area (Å²) in [5.41, 5.74) is 14.8. The number of anilines is 1. The van der Waals surface area contributed by atoms with Crippen LogP contribution in [0.25, 0.3) is 16.6 Å². The van der Waals surface area contributed by atoms with Gasteiger partial charge in [-0.15, -0.1) is 0 Å². The van der Waals surface area contributed by atoms with E-state index >= 15 is 0 Å². The van der Waals surface area contributed by atoms with Crippen molar-refractivity contribution in [3.05, 3.63) is 53.9 Å². The molecule has 7 nitrogen and oxygen atoms in total. The van der Waals surface area contributed by atoms with Gasteiger partial charge in [-0.3, -0.25) is 9.59 Å². The lowest BCUT2D eigenvalue weighted by molar-refractivity contribution is 0.0951. The van der Waals surface area contributed by atoms with Crippen molar-refractivity contribution >= 4 is 23.0 Å². The number of hydrogen-bond acceptors (Lipinski definition) is 4. The van der Waals surface area contributed by atoms with Gasteiger partial charge in [-0.05, 0) is 30.2 Å². The molecule has 0 saturated carbocycles. The van der Waals surface area contributed by atoms with Gasteiger partial charge in [-0.1, -0.05) is 25.5 Å². The van der Waals surface area contributed by atoms with Crippen molar-refractivity contribution in [3.8, 4) is 11.1 Å². The van der Waals surface area contributed by atoms with Crippen molar-refractivity contribution in [3.63, 3.8) is 0 Å². The third kappa shape index (κ3) is 3.37. The first-order valence-corrected chi connectivity index (χ1v) is 8.46. The van der Waals surface area contributed by atoms with Crippen LogP contribution in [-0.4, -0.2) is 28.0 Å². The summed E-state index contributed by atoms with van der Waals surface area (Å²) in [4.78, 5) is 23.5. The maximum atomic E-state index is 12.1. The van der Waals surface area contributed by atoms with Crippen molar-refractivity contribution < 1.29 is 9.59 Å². The van der Waals surface area contributed by atoms with E-state index in [2.05, 4.69) is 17.3 Å². The fraction of sp³-hybridized carbons (Fsp3) is 0.211. The molecule has 2 heterocycles. The third-order valence-electron chi connectivity index (χ3n) is 4.24. The van der Waals surface area contributed by atoms with Crippen LogP contribution < -0.4 is 16.8 Å². The molecule has 0 saturated heterocycles. The zero-order chi connectivity index (χ0) is 18.7. The summed E-state index contributed by atoms with van der Waals surface area (Å²) in [6, 6.07) is 9.14. The Labute approximate surface area is 151 Å². The average molecular weight is 351 g/mol. The molecule has 0 aliphatic heterocycles. The number of rotatable bonds is 6. The standard InChI is InChI=1S/C19H21N5O2/c1-2-3-8-22-19(26)13-6-4-12(5-7-13)14-9-16-17(20)15(18(21)25)10-23-24(16)11-14/h4-7,9-11H,2-3,8,20H2,1H3,(H2,21,25)(H,22,26). The smallest absolute Gasteiger partial charge is 0.252 e. The number of nitrogens with two attached hydrogens (primary N) is 2. The second kappa shape index (κ2) is 7.26. The Kier molecular flexibility index (Phi) is 4.88. The van der Waals surface area contributed by atoms with Crippen LogP contribution in [0.5, 0.6) is 0 Å². The lowest BCUT2D eigenvalue weighted by Gasteiger charge is -2.05. The van der Waals surface area contributed by atoms with E-state index < -0.39 is 5.91 Å². The molecule has 134 valence electrons. The molecular weight excluding hydrogens is 330 g/mol. The van der Waals surface area contributed by atoms with Gasteiger partial charge in [0, 0.05) is 23.9 Å². The number of carbonyl (C=O) groups excluding carboxylic acids is 2. The predicted molar refractivity (Wildman–Crippen MR) is 101 cm³/mol. The number of benzene rings is 1. The average Bonchev–Trinajstić information content (AvgIpc) is 3.07. The number of nitrogen functional groups attached to an aromatic ring is 1. The zero-order valence-electron chi connectivity index (χ0n) is 14.5. The molecule has 0 atom stereocenters. The first-order chi connectivity index (χ1) is 12.5. The first kappa shape index (κ1) is 17.5. The molecule has 7 heteroatoms. The van der Waals surface area contributed by atoms with Crippen molar-refractivity contribution in [2.45, 2.75) is 19.8 Å². The van der Waals surface area contributed by atoms with Crippen LogP contribution in [-0.2, 0) is 0 Å². The molecule has 0 unspecified atom stereocenters. The minimum atomic E-state index is -0.612. The number of primary amides is 1. The molecule has 0 radical (unpaired) electrons. The largest absolute Gasteiger partial charge is 0.396 e. The van der Waals surface area contributed by atoms with Crippen LogP contribution in [0.15, 0.2) is 42.7 Å². The molecule has 1 aromatic carbocycles. The van der Waals surface area contributed by atoms with E-state index in [9.17, 15) is 9.59 Å². The minimum Gasteiger partial charge on any atom is -0.396 e. The van der Waals surface area contributed by atoms with E-state index in [-0.39, 0.29) is 11.5 Å². The van der Waals surface area contributed by atoms with Crippen LogP contribution in [0.3, 0.4) is 0 Å². The SMILES string of the molecule is CCCCNC(=O)c1ccc(-c2cc3c(N)c(C(N)=O)cnn3c2)cc1. The van der Waals surface area contributed by atoms with E-state index in [0.29, 0.717) is 23.3 Å². The summed E-state index contributed by atoms with van der Waals surface area (Å²) in [5, 5.41) is 7.06. The van der Waals surface area contributed by atoms with E-state index in [1.807, 2.05) is 24.4 Å². The first-order valence-electron chi connectivity index (χ1n) is 8.46. The van der Waals surface area contributed by atoms with Gasteiger partial charge in [0.15, 0.2) is 0 Å². The van der Waals surface area contributed by atoms with Crippen molar-refractivity contribution in [1.29, 1.82) is 0 Å². The number of unbranched alkanes of at least 4 members (excludes halogenated alkanes) is 1. The second-order valence-corrected chi connectivity index (χ2v) is 6.08. The lowest BCUT2D eigenvalue weighted by atomic mass is 10.1. The van der Waals surface area contributed by atoms with Gasteiger partial charge in [0.05, 0.1) is 23.0 Å². The number of hydrogen-bond donors (Lipinski definition) is 3. The van der Waals surface area contributed by atoms with E-state index in [0.717, 1.165) is 24.0 Å². The summed E-state index contributed by atoms with van der Waals surface area (Å²) >= 11 is 0. The summed E-state index contributed by atoms with van der Waals surface area (Å²) in [6.45, 7) is 2.76. The van der Waals surface area contributed by atoms with E-state index in [4.69, 9.17) is 11.5 Å². The Morgan fingerprint density at radius 2 is 1.92 bits per heavy atom. The van der Waals surface area contributed by atoms with Gasteiger partial charge < -0.3 is 16.8 Å². The number of nitrogens with zero attached hydrogens (tertiary/aromatic N) is 2. The monoisotopic (exact) mass is 351 g/mol. The Morgan fingerprint density at radius 3 is 2.58 bits per heavy atom. The topological polar surface area (TPSA) is 116 Å². The fourth-order valence-corrected chi connectivity index (χ4v) is 2.73. The van der Waals surface area contributed by atoms with Crippen LogP contribution in [0.1, 0.15) is 40.5 Å². The maximum absolute atomic E-state index is 12.1. The number of aromatic nitrogens is 2. The van der Waals surface area contributed by atoms with Crippen LogP contribution in [0, 0.1) is 0 Å². The van der Waals surface area contributed by atoms with Gasteiger partial charge in [0.25, 0.3) is 11.8 Å². The van der Waals surface area contributed by atoms with Gasteiger partial charge in [-0.25, -0.2) is 4.52 Å². The lowest BCUT2D eigenvalue weighted by Crippen LogP contribution is -2.24. The van der Waals surface area contributed by atoms with Crippen LogP contribution in [0.4, 0.5) is 5.69 Å². The maximum Gasteiger partial charge on any atom is 0.252 e. The highest BCUT2D eigenvalue weighted by Crippen LogP contribution is 2.26. The Morgan fingerprint density at radius 1 is 1.19 bits per heavy atom. The second-order valence-electron chi connectivity index (χ2n) is 6.08. The highest BCUT2D eigenvalue weighted by molar-refractivity contribution is 6.01. The van der Waals surface area contributed by atoms with Crippen molar-refractivity contribution in [2.75, 3.05) is 12.3 Å². The molecule has 2 aromatic heterocycles. The molecular formula is C19H21N5O2. The van der Waals surface area contributed by atoms with Crippen LogP contribution >= 0.6 is 0 Å². The van der Waals surface area contributed by atoms with Gasteiger partial charge in [0.1, 0.15) is 0 Å². The Balaban J connectivity index is 1.86. The number of nitrogens with one attached hydrogen (secondary N) is 1. The molecule has 0 bridgehead atoms. The van der Waals surface area contributed by atoms with Crippen molar-refractivity contribution in [2.24, 2.45) is 5.73 Å². The molecule has 5 N–H and O–H groups in total. The van der Waals surface area contributed by atoms with Crippen LogP contribution in [0.2, 0.25) is 0 Å². The van der Waals surface area contributed by atoms with Crippen molar-refractivity contribution in [1.82, 2.24) is 14.9 Å². The third-order valence-corrected chi connectivity index (χ3v) is 4.24. The molecule has 3 rings (SSSR count). The summed E-state index contributed by atoms with van der Waals surface area (Å²) in [7, 11) is 0.